The van der Waals surface area contributed by atoms with Gasteiger partial charge in [0.2, 0.25) is 5.91 Å². The Morgan fingerprint density at radius 3 is 2.77 bits per heavy atom. The molecule has 12 heteroatoms. The summed E-state index contributed by atoms with van der Waals surface area (Å²) >= 11 is 1.45. The van der Waals surface area contributed by atoms with Crippen LogP contribution in [0.1, 0.15) is 23.7 Å². The van der Waals surface area contributed by atoms with Gasteiger partial charge in [0.25, 0.3) is 0 Å². The van der Waals surface area contributed by atoms with Crippen molar-refractivity contribution in [3.63, 3.8) is 0 Å². The van der Waals surface area contributed by atoms with Crippen LogP contribution < -0.4 is 15.2 Å². The summed E-state index contributed by atoms with van der Waals surface area (Å²) in [6.07, 6.45) is 5.24. The van der Waals surface area contributed by atoms with Crippen LogP contribution in [0.3, 0.4) is 0 Å². The molecule has 0 spiro atoms. The largest absolute Gasteiger partial charge is 0.497 e. The molecule has 3 aromatic heterocycles. The van der Waals surface area contributed by atoms with Gasteiger partial charge in [-0.1, -0.05) is 12.5 Å². The number of nitrogen functional groups attached to an aromatic ring is 1. The summed E-state index contributed by atoms with van der Waals surface area (Å²) in [6, 6.07) is 2.53. The molecule has 1 aliphatic heterocycles. The molecule has 5 rings (SSSR count). The van der Waals surface area contributed by atoms with Crippen LogP contribution >= 0.6 is 11.3 Å². The second-order valence-electron chi connectivity index (χ2n) is 9.05. The summed E-state index contributed by atoms with van der Waals surface area (Å²) in [5, 5.41) is 7.97. The number of carbonyl (C=O) groups excluding carboxylic acids is 1. The number of amides is 1. The minimum absolute atomic E-state index is 0.00777. The summed E-state index contributed by atoms with van der Waals surface area (Å²) in [5.41, 5.74) is 8.20. The molecular weight excluding hydrogens is 535 g/mol. The average Bonchev–Trinajstić information content (AvgIpc) is 3.72. The van der Waals surface area contributed by atoms with Crippen molar-refractivity contribution in [3.8, 4) is 33.9 Å². The van der Waals surface area contributed by atoms with Gasteiger partial charge >= 0.3 is 0 Å². The fourth-order valence-corrected chi connectivity index (χ4v) is 5.57. The number of benzene rings is 1. The van der Waals surface area contributed by atoms with Crippen LogP contribution in [0.5, 0.6) is 11.5 Å². The van der Waals surface area contributed by atoms with Crippen molar-refractivity contribution in [3.05, 3.63) is 59.6 Å². The number of nitrogens with two attached hydrogens (primary N) is 1. The van der Waals surface area contributed by atoms with Crippen molar-refractivity contribution in [2.24, 2.45) is 0 Å². The van der Waals surface area contributed by atoms with Gasteiger partial charge in [-0.25, -0.2) is 14.4 Å². The molecule has 2 N–H and O–H groups in total. The topological polar surface area (TPSA) is 118 Å². The van der Waals surface area contributed by atoms with Crippen LogP contribution in [0, 0.1) is 17.7 Å². The lowest BCUT2D eigenvalue weighted by Crippen LogP contribution is -2.37. The SMILES string of the molecule is C=CC(=O)N1C[C@@H](n2nc(C#Cc3cc(OC)cc(OC)c3F)c3c(N)ncc(-c4nccs4)c32)C[C@@H]1COC. The zero-order valence-electron chi connectivity index (χ0n) is 22.2. The second-order valence-corrected chi connectivity index (χ2v) is 9.94. The molecule has 0 aliphatic carbocycles. The van der Waals surface area contributed by atoms with Gasteiger partial charge in [0.15, 0.2) is 11.6 Å². The monoisotopic (exact) mass is 562 g/mol. The minimum atomic E-state index is -0.620. The number of pyridine rings is 1. The van der Waals surface area contributed by atoms with Crippen LogP contribution in [0.15, 0.2) is 42.6 Å². The fourth-order valence-electron chi connectivity index (χ4n) is 4.92. The fraction of sp³-hybridized carbons (Fsp3) is 0.286. The number of carbonyl (C=O) groups is 1. The predicted octanol–water partition coefficient (Wildman–Crippen LogP) is 3.67. The lowest BCUT2D eigenvalue weighted by Gasteiger charge is -2.22. The van der Waals surface area contributed by atoms with Crippen LogP contribution in [0.2, 0.25) is 0 Å². The van der Waals surface area contributed by atoms with Crippen molar-refractivity contribution in [1.29, 1.82) is 0 Å². The van der Waals surface area contributed by atoms with E-state index in [0.29, 0.717) is 41.9 Å². The van der Waals surface area contributed by atoms with E-state index < -0.39 is 5.82 Å². The van der Waals surface area contributed by atoms with Gasteiger partial charge in [-0.15, -0.1) is 11.3 Å². The van der Waals surface area contributed by atoms with E-state index in [1.54, 1.807) is 24.4 Å². The number of hydrogen-bond donors (Lipinski definition) is 1. The number of aromatic nitrogens is 4. The number of nitrogens with zero attached hydrogens (tertiary/aromatic N) is 5. The summed E-state index contributed by atoms with van der Waals surface area (Å²) in [5.74, 6) is 5.68. The highest BCUT2D eigenvalue weighted by Gasteiger charge is 2.37. The number of rotatable bonds is 7. The molecule has 4 aromatic rings. The molecule has 1 saturated heterocycles. The number of hydrogen-bond acceptors (Lipinski definition) is 9. The molecule has 0 unspecified atom stereocenters. The zero-order chi connectivity index (χ0) is 28.4. The Morgan fingerprint density at radius 1 is 1.27 bits per heavy atom. The molecule has 1 amide bonds. The summed E-state index contributed by atoms with van der Waals surface area (Å²) in [6.45, 7) is 4.38. The van der Waals surface area contributed by atoms with E-state index in [2.05, 4.69) is 28.4 Å². The van der Waals surface area contributed by atoms with Gasteiger partial charge in [-0.05, 0) is 24.5 Å². The Hall–Kier alpha value is -4.47. The lowest BCUT2D eigenvalue weighted by molar-refractivity contribution is -0.127. The smallest absolute Gasteiger partial charge is 0.246 e. The number of ether oxygens (including phenoxy) is 3. The molecule has 1 fully saturated rings. The van der Waals surface area contributed by atoms with Crippen molar-refractivity contribution in [2.45, 2.75) is 18.5 Å². The van der Waals surface area contributed by atoms with E-state index in [-0.39, 0.29) is 35.1 Å². The van der Waals surface area contributed by atoms with E-state index in [0.717, 1.165) is 10.6 Å². The van der Waals surface area contributed by atoms with E-state index in [4.69, 9.17) is 25.0 Å². The minimum Gasteiger partial charge on any atom is -0.497 e. The molecule has 1 aliphatic rings. The number of fused-ring (bicyclic) bond motifs is 1. The summed E-state index contributed by atoms with van der Waals surface area (Å²) in [7, 11) is 4.44. The molecule has 2 atom stereocenters. The number of likely N-dealkylation sites (tertiary alicyclic amines) is 1. The number of methoxy groups -OCH3 is 3. The third-order valence-electron chi connectivity index (χ3n) is 6.76. The second kappa shape index (κ2) is 11.3. The molecule has 4 heterocycles. The van der Waals surface area contributed by atoms with Crippen LogP contribution in [0.4, 0.5) is 10.2 Å². The quantitative estimate of drug-likeness (QED) is 0.268. The van der Waals surface area contributed by atoms with E-state index >= 15 is 4.39 Å². The van der Waals surface area contributed by atoms with Gasteiger partial charge in [-0.2, -0.15) is 5.10 Å². The maximum atomic E-state index is 15.0. The highest BCUT2D eigenvalue weighted by Crippen LogP contribution is 2.38. The third kappa shape index (κ3) is 4.85. The predicted molar refractivity (Wildman–Crippen MR) is 150 cm³/mol. The first-order valence-electron chi connectivity index (χ1n) is 12.3. The van der Waals surface area contributed by atoms with Crippen molar-refractivity contribution >= 4 is 34.0 Å². The third-order valence-corrected chi connectivity index (χ3v) is 7.56. The van der Waals surface area contributed by atoms with E-state index in [1.165, 1.54) is 43.8 Å². The highest BCUT2D eigenvalue weighted by molar-refractivity contribution is 7.13. The first-order chi connectivity index (χ1) is 19.4. The molecular formula is C28H27FN6O4S. The Labute approximate surface area is 234 Å². The molecule has 0 bridgehead atoms. The normalized spacial score (nSPS) is 16.6. The average molecular weight is 563 g/mol. The highest BCUT2D eigenvalue weighted by atomic mass is 32.1. The Kier molecular flexibility index (Phi) is 7.68. The van der Waals surface area contributed by atoms with Crippen LogP contribution in [0.25, 0.3) is 21.5 Å². The lowest BCUT2D eigenvalue weighted by atomic mass is 10.1. The molecule has 10 nitrogen and oxygen atoms in total. The van der Waals surface area contributed by atoms with E-state index in [9.17, 15) is 4.79 Å². The number of halogens is 1. The van der Waals surface area contributed by atoms with Crippen molar-refractivity contribution < 1.29 is 23.4 Å². The Morgan fingerprint density at radius 2 is 2.10 bits per heavy atom. The van der Waals surface area contributed by atoms with Gasteiger partial charge < -0.3 is 24.8 Å². The first-order valence-corrected chi connectivity index (χ1v) is 13.2. The summed E-state index contributed by atoms with van der Waals surface area (Å²) in [4.78, 5) is 23.3. The number of thiazole rings is 1. The Bertz CT molecular complexity index is 1640. The van der Waals surface area contributed by atoms with Crippen LogP contribution in [-0.2, 0) is 9.53 Å². The molecule has 206 valence electrons. The zero-order valence-corrected chi connectivity index (χ0v) is 23.0. The Balaban J connectivity index is 1.70. The maximum absolute atomic E-state index is 15.0. The first kappa shape index (κ1) is 27.1. The van der Waals surface area contributed by atoms with Gasteiger partial charge in [0.05, 0.1) is 54.9 Å². The maximum Gasteiger partial charge on any atom is 0.246 e. The van der Waals surface area contributed by atoms with Crippen molar-refractivity contribution in [1.82, 2.24) is 24.6 Å². The van der Waals surface area contributed by atoms with Crippen LogP contribution in [-0.4, -0.2) is 71.1 Å². The summed E-state index contributed by atoms with van der Waals surface area (Å²) < 4.78 is 32.7. The van der Waals surface area contributed by atoms with Gasteiger partial charge in [0, 0.05) is 37.5 Å². The molecule has 40 heavy (non-hydrogen) atoms. The number of anilines is 1. The molecule has 1 aromatic carbocycles. The van der Waals surface area contributed by atoms with E-state index in [1.807, 2.05) is 10.1 Å². The molecule has 0 radical (unpaired) electrons. The standard InChI is InChI=1S/C28H27FN6O4S/c1-5-23(36)34-14-17(11-18(34)15-37-2)35-26-20(28-31-8-9-40-28)13-32-27(30)24(26)21(33-35)7-6-16-10-19(38-3)12-22(39-4)25(16)29/h5,8-10,12-13,17-18H,1,11,14-15H2,2-4H3,(H2,30,32)/t17-,18+/m0/s1. The molecule has 0 saturated carbocycles. The van der Waals surface area contributed by atoms with Crippen molar-refractivity contribution in [2.75, 3.05) is 40.2 Å². The van der Waals surface area contributed by atoms with Gasteiger partial charge in [0.1, 0.15) is 22.3 Å². The van der Waals surface area contributed by atoms with Gasteiger partial charge in [-0.3, -0.25) is 9.48 Å².